The van der Waals surface area contributed by atoms with Crippen LogP contribution >= 0.6 is 11.3 Å². The molecule has 2 amide bonds. The quantitative estimate of drug-likeness (QED) is 0.541. The van der Waals surface area contributed by atoms with Crippen molar-refractivity contribution in [1.29, 1.82) is 0 Å². The van der Waals surface area contributed by atoms with Crippen molar-refractivity contribution in [3.63, 3.8) is 0 Å². The van der Waals surface area contributed by atoms with Crippen LogP contribution in [0.25, 0.3) is 0 Å². The number of alkyl halides is 3. The second kappa shape index (κ2) is 8.15. The highest BCUT2D eigenvalue weighted by Gasteiger charge is 2.49. The van der Waals surface area contributed by atoms with Crippen molar-refractivity contribution < 1.29 is 31.9 Å². The molecule has 1 aliphatic rings. The molecule has 2 heterocycles. The van der Waals surface area contributed by atoms with Gasteiger partial charge in [0, 0.05) is 17.0 Å². The fourth-order valence-corrected chi connectivity index (χ4v) is 5.34. The molecule has 1 aliphatic heterocycles. The Balaban J connectivity index is 2.13. The van der Waals surface area contributed by atoms with Gasteiger partial charge in [-0.15, -0.1) is 11.3 Å². The molecule has 1 aromatic carbocycles. The Labute approximate surface area is 187 Å². The standard InChI is InChI=1S/C22H24F4N2O3S/c1-6-10-27-17(29)14-15-16(21(4,5)31-20(15,2)3)32-19(14)28-18(30)13-11(22(24,25)26)8-7-9-12(13)23/h7-9H,6,10H2,1-5H3,(H,27,29)(H,28,30). The number of fused-ring (bicyclic) bond motifs is 1. The van der Waals surface area contributed by atoms with Crippen LogP contribution in [0.2, 0.25) is 0 Å². The minimum Gasteiger partial charge on any atom is -0.359 e. The van der Waals surface area contributed by atoms with E-state index in [4.69, 9.17) is 4.74 Å². The summed E-state index contributed by atoms with van der Waals surface area (Å²) in [4.78, 5) is 26.5. The number of hydrogen-bond acceptors (Lipinski definition) is 4. The first-order valence-corrected chi connectivity index (χ1v) is 10.9. The lowest BCUT2D eigenvalue weighted by Gasteiger charge is -2.26. The van der Waals surface area contributed by atoms with Crippen LogP contribution in [0.3, 0.4) is 0 Å². The van der Waals surface area contributed by atoms with Crippen LogP contribution in [0.1, 0.15) is 77.8 Å². The van der Waals surface area contributed by atoms with Gasteiger partial charge in [-0.05, 0) is 46.2 Å². The van der Waals surface area contributed by atoms with E-state index in [1.165, 1.54) is 0 Å². The van der Waals surface area contributed by atoms with Crippen LogP contribution in [-0.4, -0.2) is 18.4 Å². The zero-order valence-electron chi connectivity index (χ0n) is 18.3. The topological polar surface area (TPSA) is 67.4 Å². The lowest BCUT2D eigenvalue weighted by Crippen LogP contribution is -2.29. The van der Waals surface area contributed by atoms with Crippen LogP contribution in [0.5, 0.6) is 0 Å². The smallest absolute Gasteiger partial charge is 0.359 e. The Morgan fingerprint density at radius 1 is 1.06 bits per heavy atom. The maximum Gasteiger partial charge on any atom is 0.417 e. The molecular weight excluding hydrogens is 448 g/mol. The van der Waals surface area contributed by atoms with Gasteiger partial charge in [-0.1, -0.05) is 13.0 Å². The van der Waals surface area contributed by atoms with E-state index in [1.54, 1.807) is 27.7 Å². The number of carbonyl (C=O) groups excluding carboxylic acids is 2. The van der Waals surface area contributed by atoms with E-state index >= 15 is 0 Å². The van der Waals surface area contributed by atoms with Crippen LogP contribution < -0.4 is 10.6 Å². The number of amides is 2. The second-order valence-corrected chi connectivity index (χ2v) is 9.52. The molecule has 32 heavy (non-hydrogen) atoms. The summed E-state index contributed by atoms with van der Waals surface area (Å²) >= 11 is 1.04. The summed E-state index contributed by atoms with van der Waals surface area (Å²) in [6, 6.07) is 2.31. The van der Waals surface area contributed by atoms with Gasteiger partial charge in [0.1, 0.15) is 10.8 Å². The lowest BCUT2D eigenvalue weighted by atomic mass is 9.93. The van der Waals surface area contributed by atoms with Crippen LogP contribution in [0, 0.1) is 5.82 Å². The average Bonchev–Trinajstić information content (AvgIpc) is 3.12. The zero-order valence-corrected chi connectivity index (χ0v) is 19.1. The van der Waals surface area contributed by atoms with Gasteiger partial charge in [-0.25, -0.2) is 4.39 Å². The molecule has 2 aromatic rings. The highest BCUT2D eigenvalue weighted by Crippen LogP contribution is 2.54. The number of anilines is 1. The predicted octanol–water partition coefficient (Wildman–Crippen LogP) is 5.80. The molecule has 0 aliphatic carbocycles. The highest BCUT2D eigenvalue weighted by atomic mass is 32.1. The Kier molecular flexibility index (Phi) is 6.16. The molecule has 2 N–H and O–H groups in total. The highest BCUT2D eigenvalue weighted by molar-refractivity contribution is 7.17. The van der Waals surface area contributed by atoms with Gasteiger partial charge in [0.15, 0.2) is 0 Å². The molecule has 3 rings (SSSR count). The first-order chi connectivity index (χ1) is 14.7. The summed E-state index contributed by atoms with van der Waals surface area (Å²) in [6.45, 7) is 9.38. The van der Waals surface area contributed by atoms with E-state index in [1.807, 2.05) is 6.92 Å². The third kappa shape index (κ3) is 4.25. The third-order valence-corrected chi connectivity index (χ3v) is 6.51. The van der Waals surface area contributed by atoms with E-state index in [9.17, 15) is 27.2 Å². The van der Waals surface area contributed by atoms with Crippen LogP contribution in [0.15, 0.2) is 18.2 Å². The van der Waals surface area contributed by atoms with Gasteiger partial charge in [0.2, 0.25) is 0 Å². The van der Waals surface area contributed by atoms with Crippen LogP contribution in [0.4, 0.5) is 22.6 Å². The fourth-order valence-electron chi connectivity index (χ4n) is 3.95. The molecule has 5 nitrogen and oxygen atoms in total. The minimum absolute atomic E-state index is 0.0504. The molecular formula is C22H24F4N2O3S. The normalized spacial score (nSPS) is 16.5. The second-order valence-electron chi connectivity index (χ2n) is 8.50. The first-order valence-electron chi connectivity index (χ1n) is 10.0. The van der Waals surface area contributed by atoms with E-state index in [0.29, 0.717) is 29.5 Å². The van der Waals surface area contributed by atoms with Crippen molar-refractivity contribution in [1.82, 2.24) is 5.32 Å². The number of benzene rings is 1. The SMILES string of the molecule is CCCNC(=O)c1c(NC(=O)c2c(F)cccc2C(F)(F)F)sc2c1C(C)(C)OC2(C)C. The Bertz CT molecular complexity index is 1070. The van der Waals surface area contributed by atoms with Crippen molar-refractivity contribution in [3.05, 3.63) is 51.1 Å². The molecule has 0 fully saturated rings. The molecule has 0 bridgehead atoms. The Morgan fingerprint density at radius 3 is 2.31 bits per heavy atom. The van der Waals surface area contributed by atoms with E-state index < -0.39 is 46.1 Å². The van der Waals surface area contributed by atoms with Gasteiger partial charge in [0.05, 0.1) is 27.9 Å². The summed E-state index contributed by atoms with van der Waals surface area (Å²) in [6.07, 6.45) is -4.26. The fraction of sp³-hybridized carbons (Fsp3) is 0.455. The molecule has 1 aromatic heterocycles. The number of carbonyl (C=O) groups is 2. The Morgan fingerprint density at radius 2 is 1.72 bits per heavy atom. The van der Waals surface area contributed by atoms with E-state index in [-0.39, 0.29) is 10.6 Å². The summed E-state index contributed by atoms with van der Waals surface area (Å²) in [5, 5.41) is 5.15. The molecule has 0 unspecified atom stereocenters. The molecule has 0 atom stereocenters. The van der Waals surface area contributed by atoms with Gasteiger partial charge in [0.25, 0.3) is 11.8 Å². The molecule has 10 heteroatoms. The number of nitrogens with one attached hydrogen (secondary N) is 2. The van der Waals surface area contributed by atoms with E-state index in [0.717, 1.165) is 23.5 Å². The van der Waals surface area contributed by atoms with Crippen molar-refractivity contribution in [3.8, 4) is 0 Å². The molecule has 0 spiro atoms. The predicted molar refractivity (Wildman–Crippen MR) is 113 cm³/mol. The van der Waals surface area contributed by atoms with Crippen molar-refractivity contribution in [2.24, 2.45) is 0 Å². The zero-order chi connectivity index (χ0) is 24.1. The largest absolute Gasteiger partial charge is 0.417 e. The van der Waals surface area contributed by atoms with Gasteiger partial charge in [-0.3, -0.25) is 9.59 Å². The van der Waals surface area contributed by atoms with E-state index in [2.05, 4.69) is 10.6 Å². The third-order valence-electron chi connectivity index (χ3n) is 5.10. The van der Waals surface area contributed by atoms with Gasteiger partial charge in [-0.2, -0.15) is 13.2 Å². The maximum absolute atomic E-state index is 14.3. The van der Waals surface area contributed by atoms with Gasteiger partial charge >= 0.3 is 6.18 Å². The monoisotopic (exact) mass is 472 g/mol. The summed E-state index contributed by atoms with van der Waals surface area (Å²) in [5.74, 6) is -3.07. The molecule has 0 saturated heterocycles. The summed E-state index contributed by atoms with van der Waals surface area (Å²) in [7, 11) is 0. The Hall–Kier alpha value is -2.46. The summed E-state index contributed by atoms with van der Waals surface area (Å²) < 4.78 is 60.5. The number of thiophene rings is 1. The summed E-state index contributed by atoms with van der Waals surface area (Å²) in [5.41, 5.74) is -3.51. The minimum atomic E-state index is -4.93. The van der Waals surface area contributed by atoms with Crippen LogP contribution in [-0.2, 0) is 22.1 Å². The van der Waals surface area contributed by atoms with Crippen molar-refractivity contribution in [2.45, 2.75) is 58.4 Å². The molecule has 0 saturated carbocycles. The number of ether oxygens (including phenoxy) is 1. The molecule has 0 radical (unpaired) electrons. The average molecular weight is 473 g/mol. The number of hydrogen-bond donors (Lipinski definition) is 2. The molecule has 174 valence electrons. The maximum atomic E-state index is 14.3. The van der Waals surface area contributed by atoms with Gasteiger partial charge < -0.3 is 15.4 Å². The first kappa shape index (κ1) is 24.2. The van der Waals surface area contributed by atoms with Crippen molar-refractivity contribution >= 4 is 28.2 Å². The van der Waals surface area contributed by atoms with Crippen molar-refractivity contribution in [2.75, 3.05) is 11.9 Å². The number of rotatable bonds is 5. The lowest BCUT2D eigenvalue weighted by molar-refractivity contribution is -0.138. The number of halogens is 4.